The Labute approximate surface area is 173 Å². The second kappa shape index (κ2) is 9.37. The van der Waals surface area contributed by atoms with Crippen molar-refractivity contribution in [1.82, 2.24) is 20.1 Å². The van der Waals surface area contributed by atoms with Crippen molar-refractivity contribution in [3.05, 3.63) is 59.8 Å². The molecule has 0 aliphatic carbocycles. The molecular weight excluding hydrogens is 362 g/mol. The lowest BCUT2D eigenvalue weighted by molar-refractivity contribution is 0.0632. The quantitative estimate of drug-likeness (QED) is 0.845. The molecule has 2 aromatic rings. The van der Waals surface area contributed by atoms with Crippen molar-refractivity contribution in [2.75, 3.05) is 57.3 Å². The molecule has 1 atom stereocenters. The van der Waals surface area contributed by atoms with E-state index in [2.05, 4.69) is 46.3 Å². The van der Waals surface area contributed by atoms with Crippen LogP contribution >= 0.6 is 0 Å². The third kappa shape index (κ3) is 4.77. The van der Waals surface area contributed by atoms with E-state index >= 15 is 0 Å². The number of piperazine rings is 2. The lowest BCUT2D eigenvalue weighted by Gasteiger charge is -2.36. The normalized spacial score (nSPS) is 20.7. The van der Waals surface area contributed by atoms with Crippen LogP contribution in [0.4, 0.5) is 5.82 Å². The van der Waals surface area contributed by atoms with Crippen LogP contribution in [0.2, 0.25) is 0 Å². The molecule has 2 aliphatic heterocycles. The first-order valence-corrected chi connectivity index (χ1v) is 10.8. The third-order valence-corrected chi connectivity index (χ3v) is 5.85. The summed E-state index contributed by atoms with van der Waals surface area (Å²) in [5.74, 6) is 0.945. The minimum Gasteiger partial charge on any atom is -0.353 e. The van der Waals surface area contributed by atoms with Gasteiger partial charge in [-0.25, -0.2) is 4.98 Å². The van der Waals surface area contributed by atoms with Crippen molar-refractivity contribution in [2.24, 2.45) is 0 Å². The first-order chi connectivity index (χ1) is 14.2. The van der Waals surface area contributed by atoms with Crippen LogP contribution in [0.3, 0.4) is 0 Å². The summed E-state index contributed by atoms with van der Waals surface area (Å²) in [5.41, 5.74) is 1.84. The van der Waals surface area contributed by atoms with E-state index in [4.69, 9.17) is 4.98 Å². The summed E-state index contributed by atoms with van der Waals surface area (Å²) in [4.78, 5) is 24.4. The van der Waals surface area contributed by atoms with E-state index in [-0.39, 0.29) is 11.9 Å². The number of carbonyl (C=O) groups is 1. The number of rotatable bonds is 5. The van der Waals surface area contributed by atoms with E-state index in [1.807, 2.05) is 29.2 Å². The molecule has 1 aromatic heterocycles. The molecule has 0 radical (unpaired) electrons. The molecule has 3 heterocycles. The highest BCUT2D eigenvalue weighted by Gasteiger charge is 2.25. The molecule has 4 rings (SSSR count). The zero-order chi connectivity index (χ0) is 20.1. The Morgan fingerprint density at radius 2 is 1.83 bits per heavy atom. The van der Waals surface area contributed by atoms with Gasteiger partial charge in [-0.05, 0) is 30.7 Å². The fourth-order valence-electron chi connectivity index (χ4n) is 4.24. The molecule has 0 bridgehead atoms. The number of nitrogens with zero attached hydrogens (tertiary/aromatic N) is 4. The molecule has 6 heteroatoms. The molecule has 0 spiro atoms. The Bertz CT molecular complexity index is 804. The van der Waals surface area contributed by atoms with Crippen molar-refractivity contribution in [1.29, 1.82) is 0 Å². The number of benzene rings is 1. The maximum atomic E-state index is 13.0. The van der Waals surface area contributed by atoms with E-state index in [1.165, 1.54) is 5.56 Å². The van der Waals surface area contributed by atoms with Crippen LogP contribution in [0.25, 0.3) is 0 Å². The Morgan fingerprint density at radius 1 is 1.03 bits per heavy atom. The highest BCUT2D eigenvalue weighted by Crippen LogP contribution is 2.21. The van der Waals surface area contributed by atoms with Gasteiger partial charge in [-0.15, -0.1) is 0 Å². The number of pyridine rings is 1. The van der Waals surface area contributed by atoms with Gasteiger partial charge in [-0.3, -0.25) is 9.69 Å². The second-order valence-electron chi connectivity index (χ2n) is 7.88. The van der Waals surface area contributed by atoms with Crippen LogP contribution in [0.1, 0.15) is 35.4 Å². The largest absolute Gasteiger partial charge is 0.353 e. The monoisotopic (exact) mass is 393 g/mol. The van der Waals surface area contributed by atoms with Gasteiger partial charge in [-0.1, -0.05) is 43.3 Å². The zero-order valence-electron chi connectivity index (χ0n) is 17.3. The summed E-state index contributed by atoms with van der Waals surface area (Å²) < 4.78 is 0. The summed E-state index contributed by atoms with van der Waals surface area (Å²) in [6.45, 7) is 9.44. The third-order valence-electron chi connectivity index (χ3n) is 5.85. The Balaban J connectivity index is 1.42. The minimum absolute atomic E-state index is 0.0535. The van der Waals surface area contributed by atoms with Crippen LogP contribution in [-0.4, -0.2) is 73.0 Å². The van der Waals surface area contributed by atoms with Gasteiger partial charge in [0.05, 0.1) is 0 Å². The SMILES string of the molecule is CCCN1CCN(C(=O)c2cccc(N3CCN[C@@H](c4ccccc4)C3)n2)CC1. The molecular formula is C23H31N5O. The molecule has 0 saturated carbocycles. The molecule has 2 fully saturated rings. The van der Waals surface area contributed by atoms with Gasteiger partial charge < -0.3 is 15.1 Å². The lowest BCUT2D eigenvalue weighted by atomic mass is 10.0. The Morgan fingerprint density at radius 3 is 2.59 bits per heavy atom. The second-order valence-corrected chi connectivity index (χ2v) is 7.88. The van der Waals surface area contributed by atoms with Crippen molar-refractivity contribution in [2.45, 2.75) is 19.4 Å². The molecule has 0 unspecified atom stereocenters. The molecule has 154 valence electrons. The van der Waals surface area contributed by atoms with Crippen molar-refractivity contribution in [3.63, 3.8) is 0 Å². The summed E-state index contributed by atoms with van der Waals surface area (Å²) in [6.07, 6.45) is 1.16. The van der Waals surface area contributed by atoms with E-state index in [0.717, 1.165) is 64.6 Å². The first-order valence-electron chi connectivity index (χ1n) is 10.8. The van der Waals surface area contributed by atoms with Gasteiger partial charge in [-0.2, -0.15) is 0 Å². The van der Waals surface area contributed by atoms with Gasteiger partial charge in [0, 0.05) is 51.9 Å². The fourth-order valence-corrected chi connectivity index (χ4v) is 4.24. The fraction of sp³-hybridized carbons (Fsp3) is 0.478. The number of amides is 1. The number of hydrogen-bond donors (Lipinski definition) is 1. The zero-order valence-corrected chi connectivity index (χ0v) is 17.3. The van der Waals surface area contributed by atoms with Crippen LogP contribution in [0.15, 0.2) is 48.5 Å². The molecule has 1 aromatic carbocycles. The van der Waals surface area contributed by atoms with Gasteiger partial charge in [0.15, 0.2) is 0 Å². The van der Waals surface area contributed by atoms with Crippen LogP contribution in [0, 0.1) is 0 Å². The van der Waals surface area contributed by atoms with Crippen molar-refractivity contribution in [3.8, 4) is 0 Å². The smallest absolute Gasteiger partial charge is 0.272 e. The number of aromatic nitrogens is 1. The van der Waals surface area contributed by atoms with Gasteiger partial charge in [0.1, 0.15) is 11.5 Å². The lowest BCUT2D eigenvalue weighted by Crippen LogP contribution is -2.49. The molecule has 2 saturated heterocycles. The maximum absolute atomic E-state index is 13.0. The summed E-state index contributed by atoms with van der Waals surface area (Å²) in [6, 6.07) is 16.6. The van der Waals surface area contributed by atoms with Crippen LogP contribution < -0.4 is 10.2 Å². The van der Waals surface area contributed by atoms with E-state index < -0.39 is 0 Å². The summed E-state index contributed by atoms with van der Waals surface area (Å²) >= 11 is 0. The molecule has 1 amide bonds. The molecule has 2 aliphatic rings. The first kappa shape index (κ1) is 19.9. The highest BCUT2D eigenvalue weighted by atomic mass is 16.2. The Hall–Kier alpha value is -2.44. The van der Waals surface area contributed by atoms with E-state index in [0.29, 0.717) is 5.69 Å². The van der Waals surface area contributed by atoms with Gasteiger partial charge >= 0.3 is 0 Å². The predicted octanol–water partition coefficient (Wildman–Crippen LogP) is 2.40. The maximum Gasteiger partial charge on any atom is 0.272 e. The predicted molar refractivity (Wildman–Crippen MR) is 116 cm³/mol. The number of nitrogens with one attached hydrogen (secondary N) is 1. The van der Waals surface area contributed by atoms with Crippen molar-refractivity contribution >= 4 is 11.7 Å². The summed E-state index contributed by atoms with van der Waals surface area (Å²) in [7, 11) is 0. The van der Waals surface area contributed by atoms with E-state index in [1.54, 1.807) is 0 Å². The minimum atomic E-state index is 0.0535. The van der Waals surface area contributed by atoms with Gasteiger partial charge in [0.2, 0.25) is 0 Å². The average molecular weight is 394 g/mol. The van der Waals surface area contributed by atoms with Crippen LogP contribution in [-0.2, 0) is 0 Å². The molecule has 29 heavy (non-hydrogen) atoms. The Kier molecular flexibility index (Phi) is 6.42. The number of anilines is 1. The number of hydrogen-bond acceptors (Lipinski definition) is 5. The van der Waals surface area contributed by atoms with E-state index in [9.17, 15) is 4.79 Å². The average Bonchev–Trinajstić information content (AvgIpc) is 2.80. The topological polar surface area (TPSA) is 51.7 Å². The standard InChI is InChI=1S/C23H31N5O/c1-2-12-26-14-16-27(17-15-26)23(29)20-9-6-10-22(25-20)28-13-11-24-21(18-28)19-7-4-3-5-8-19/h3-10,21,24H,2,11-18H2,1H3/t21-/m1/s1. The molecule has 1 N–H and O–H groups in total. The number of carbonyl (C=O) groups excluding carboxylic acids is 1. The highest BCUT2D eigenvalue weighted by molar-refractivity contribution is 5.92. The molecule has 6 nitrogen and oxygen atoms in total. The summed E-state index contributed by atoms with van der Waals surface area (Å²) in [5, 5.41) is 3.59. The van der Waals surface area contributed by atoms with Gasteiger partial charge in [0.25, 0.3) is 5.91 Å². The van der Waals surface area contributed by atoms with Crippen LogP contribution in [0.5, 0.6) is 0 Å². The van der Waals surface area contributed by atoms with Crippen molar-refractivity contribution < 1.29 is 4.79 Å².